The number of nitro groups is 1. The third kappa shape index (κ3) is 6.19. The number of esters is 1. The standard InChI is InChI=1S/C17H13BrN2O5/c18-13-5-7-14(8-6-13)19-16(21)11-25-17(22)9-4-12-2-1-3-15(10-12)20(23)24/h1-10H,11H2,(H,19,21)/b9-4+. The van der Waals surface area contributed by atoms with E-state index in [0.717, 1.165) is 10.5 Å². The number of carbonyl (C=O) groups is 2. The summed E-state index contributed by atoms with van der Waals surface area (Å²) in [6.07, 6.45) is 2.48. The molecule has 0 unspecified atom stereocenters. The molecule has 7 nitrogen and oxygen atoms in total. The van der Waals surface area contributed by atoms with Crippen LogP contribution in [0.2, 0.25) is 0 Å². The lowest BCUT2D eigenvalue weighted by Crippen LogP contribution is -2.20. The van der Waals surface area contributed by atoms with Gasteiger partial charge in [0, 0.05) is 28.4 Å². The molecule has 25 heavy (non-hydrogen) atoms. The summed E-state index contributed by atoms with van der Waals surface area (Å²) in [4.78, 5) is 33.5. The molecule has 2 aromatic rings. The Hall–Kier alpha value is -3.00. The van der Waals surface area contributed by atoms with Crippen LogP contribution in [0.15, 0.2) is 59.1 Å². The second-order valence-electron chi connectivity index (χ2n) is 4.85. The fourth-order valence-electron chi connectivity index (χ4n) is 1.82. The summed E-state index contributed by atoms with van der Waals surface area (Å²) < 4.78 is 5.70. The average molecular weight is 405 g/mol. The van der Waals surface area contributed by atoms with Gasteiger partial charge in [0.25, 0.3) is 11.6 Å². The first kappa shape index (κ1) is 18.3. The molecule has 0 aromatic heterocycles. The molecule has 8 heteroatoms. The summed E-state index contributed by atoms with van der Waals surface area (Å²) >= 11 is 3.28. The van der Waals surface area contributed by atoms with Crippen LogP contribution in [0.3, 0.4) is 0 Å². The first-order valence-electron chi connectivity index (χ1n) is 7.09. The first-order chi connectivity index (χ1) is 11.9. The number of amides is 1. The van der Waals surface area contributed by atoms with Crippen molar-refractivity contribution in [3.63, 3.8) is 0 Å². The van der Waals surface area contributed by atoms with Crippen molar-refractivity contribution in [3.8, 4) is 0 Å². The summed E-state index contributed by atoms with van der Waals surface area (Å²) in [5, 5.41) is 13.3. The summed E-state index contributed by atoms with van der Waals surface area (Å²) in [7, 11) is 0. The van der Waals surface area contributed by atoms with Gasteiger partial charge in [0.2, 0.25) is 0 Å². The van der Waals surface area contributed by atoms with E-state index in [4.69, 9.17) is 4.74 Å². The van der Waals surface area contributed by atoms with E-state index in [1.165, 1.54) is 24.3 Å². The zero-order chi connectivity index (χ0) is 18.2. The number of benzene rings is 2. The third-order valence-electron chi connectivity index (χ3n) is 2.97. The number of anilines is 1. The molecule has 128 valence electrons. The van der Waals surface area contributed by atoms with E-state index in [2.05, 4.69) is 21.2 Å². The number of halogens is 1. The SMILES string of the molecule is O=C(COC(=O)/C=C/c1cccc([N+](=O)[O-])c1)Nc1ccc(Br)cc1. The fourth-order valence-corrected chi connectivity index (χ4v) is 2.09. The second kappa shape index (κ2) is 8.74. The van der Waals surface area contributed by atoms with Crippen molar-refractivity contribution in [2.75, 3.05) is 11.9 Å². The van der Waals surface area contributed by atoms with Crippen LogP contribution in [0.25, 0.3) is 6.08 Å². The molecule has 0 aliphatic carbocycles. The maximum atomic E-state index is 11.7. The van der Waals surface area contributed by atoms with Crippen molar-refractivity contribution in [2.45, 2.75) is 0 Å². The third-order valence-corrected chi connectivity index (χ3v) is 3.50. The molecule has 0 radical (unpaired) electrons. The van der Waals surface area contributed by atoms with Crippen LogP contribution >= 0.6 is 15.9 Å². The Bertz CT molecular complexity index is 818. The molecule has 1 amide bonds. The summed E-state index contributed by atoms with van der Waals surface area (Å²) in [6.45, 7) is -0.436. The average Bonchev–Trinajstić information content (AvgIpc) is 2.60. The van der Waals surface area contributed by atoms with E-state index < -0.39 is 23.4 Å². The minimum absolute atomic E-state index is 0.0793. The topological polar surface area (TPSA) is 98.5 Å². The van der Waals surface area contributed by atoms with Crippen LogP contribution in [0, 0.1) is 10.1 Å². The number of carbonyl (C=O) groups excluding carboxylic acids is 2. The highest BCUT2D eigenvalue weighted by Gasteiger charge is 2.07. The Morgan fingerprint density at radius 2 is 1.92 bits per heavy atom. The number of ether oxygens (including phenoxy) is 1. The predicted octanol–water partition coefficient (Wildman–Crippen LogP) is 3.55. The van der Waals surface area contributed by atoms with Crippen LogP contribution in [0.5, 0.6) is 0 Å². The first-order valence-corrected chi connectivity index (χ1v) is 7.88. The number of hydrogen-bond acceptors (Lipinski definition) is 5. The molecule has 0 fully saturated rings. The van der Waals surface area contributed by atoms with Gasteiger partial charge in [0.15, 0.2) is 6.61 Å². The smallest absolute Gasteiger partial charge is 0.331 e. The Morgan fingerprint density at radius 1 is 1.20 bits per heavy atom. The zero-order valence-electron chi connectivity index (χ0n) is 12.8. The molecule has 0 saturated heterocycles. The van der Waals surface area contributed by atoms with Gasteiger partial charge in [-0.25, -0.2) is 4.79 Å². The van der Waals surface area contributed by atoms with Gasteiger partial charge in [-0.2, -0.15) is 0 Å². The molecule has 2 aromatic carbocycles. The van der Waals surface area contributed by atoms with Gasteiger partial charge in [-0.1, -0.05) is 28.1 Å². The van der Waals surface area contributed by atoms with Gasteiger partial charge in [-0.3, -0.25) is 14.9 Å². The van der Waals surface area contributed by atoms with Gasteiger partial charge >= 0.3 is 5.97 Å². The Labute approximate surface area is 151 Å². The molecule has 0 heterocycles. The minimum atomic E-state index is -0.725. The summed E-state index contributed by atoms with van der Waals surface area (Å²) in [5.74, 6) is -1.20. The van der Waals surface area contributed by atoms with Gasteiger partial charge in [-0.15, -0.1) is 0 Å². The molecular formula is C17H13BrN2O5. The van der Waals surface area contributed by atoms with Gasteiger partial charge in [0.1, 0.15) is 0 Å². The molecular weight excluding hydrogens is 392 g/mol. The van der Waals surface area contributed by atoms with Crippen LogP contribution in [-0.4, -0.2) is 23.4 Å². The van der Waals surface area contributed by atoms with Crippen molar-refractivity contribution in [1.82, 2.24) is 0 Å². The van der Waals surface area contributed by atoms with Crippen LogP contribution in [0.4, 0.5) is 11.4 Å². The Kier molecular flexibility index (Phi) is 6.41. The highest BCUT2D eigenvalue weighted by Crippen LogP contribution is 2.15. The highest BCUT2D eigenvalue weighted by atomic mass is 79.9. The van der Waals surface area contributed by atoms with E-state index in [-0.39, 0.29) is 5.69 Å². The number of nitro benzene ring substituents is 1. The number of hydrogen-bond donors (Lipinski definition) is 1. The van der Waals surface area contributed by atoms with E-state index in [1.54, 1.807) is 30.3 Å². The van der Waals surface area contributed by atoms with E-state index in [9.17, 15) is 19.7 Å². The fraction of sp³-hybridized carbons (Fsp3) is 0.0588. The second-order valence-corrected chi connectivity index (χ2v) is 5.76. The molecule has 1 N–H and O–H groups in total. The van der Waals surface area contributed by atoms with Crippen molar-refractivity contribution >= 4 is 45.3 Å². The summed E-state index contributed by atoms with van der Waals surface area (Å²) in [6, 6.07) is 12.7. The maximum absolute atomic E-state index is 11.7. The quantitative estimate of drug-likeness (QED) is 0.343. The van der Waals surface area contributed by atoms with Crippen LogP contribution in [0.1, 0.15) is 5.56 Å². The van der Waals surface area contributed by atoms with Crippen LogP contribution in [-0.2, 0) is 14.3 Å². The zero-order valence-corrected chi connectivity index (χ0v) is 14.4. The lowest BCUT2D eigenvalue weighted by molar-refractivity contribution is -0.384. The number of non-ortho nitro benzene ring substituents is 1. The van der Waals surface area contributed by atoms with E-state index in [1.807, 2.05) is 0 Å². The van der Waals surface area contributed by atoms with E-state index >= 15 is 0 Å². The Morgan fingerprint density at radius 3 is 2.60 bits per heavy atom. The molecule has 0 aliphatic heterocycles. The van der Waals surface area contributed by atoms with Gasteiger partial charge < -0.3 is 10.1 Å². The number of nitrogens with zero attached hydrogens (tertiary/aromatic N) is 1. The lowest BCUT2D eigenvalue weighted by atomic mass is 10.2. The normalized spacial score (nSPS) is 10.4. The number of nitrogens with one attached hydrogen (secondary N) is 1. The molecule has 0 aliphatic rings. The van der Waals surface area contributed by atoms with Crippen molar-refractivity contribution < 1.29 is 19.2 Å². The summed E-state index contributed by atoms with van der Waals surface area (Å²) in [5.41, 5.74) is 0.978. The number of rotatable bonds is 6. The molecule has 0 atom stereocenters. The maximum Gasteiger partial charge on any atom is 0.331 e. The lowest BCUT2D eigenvalue weighted by Gasteiger charge is -2.05. The van der Waals surface area contributed by atoms with Crippen LogP contribution < -0.4 is 5.32 Å². The molecule has 0 spiro atoms. The Balaban J connectivity index is 1.83. The monoisotopic (exact) mass is 404 g/mol. The molecule has 0 bridgehead atoms. The largest absolute Gasteiger partial charge is 0.452 e. The van der Waals surface area contributed by atoms with Crippen molar-refractivity contribution in [1.29, 1.82) is 0 Å². The van der Waals surface area contributed by atoms with Gasteiger partial charge in [-0.05, 0) is 35.9 Å². The van der Waals surface area contributed by atoms with Crippen molar-refractivity contribution in [3.05, 3.63) is 74.8 Å². The highest BCUT2D eigenvalue weighted by molar-refractivity contribution is 9.10. The predicted molar refractivity (Wildman–Crippen MR) is 95.9 cm³/mol. The van der Waals surface area contributed by atoms with Crippen molar-refractivity contribution in [2.24, 2.45) is 0 Å². The molecule has 0 saturated carbocycles. The molecule has 2 rings (SSSR count). The van der Waals surface area contributed by atoms with E-state index in [0.29, 0.717) is 11.3 Å². The van der Waals surface area contributed by atoms with Gasteiger partial charge in [0.05, 0.1) is 4.92 Å². The minimum Gasteiger partial charge on any atom is -0.452 e.